The highest BCUT2D eigenvalue weighted by Crippen LogP contribution is 2.35. The summed E-state index contributed by atoms with van der Waals surface area (Å²) in [6, 6.07) is 10.4. The van der Waals surface area contributed by atoms with Crippen molar-refractivity contribution in [2.24, 2.45) is 5.73 Å². The zero-order valence-electron chi connectivity index (χ0n) is 11.4. The average molecular weight is 351 g/mol. The molecule has 0 fully saturated rings. The van der Waals surface area contributed by atoms with E-state index in [-0.39, 0.29) is 12.4 Å². The largest absolute Gasteiger partial charge is 0.493 e. The Labute approximate surface area is 130 Å². The molecule has 2 aromatic carbocycles. The predicted octanol–water partition coefficient (Wildman–Crippen LogP) is 3.03. The number of halogens is 1. The van der Waals surface area contributed by atoms with Gasteiger partial charge < -0.3 is 20.3 Å². The fourth-order valence-electron chi connectivity index (χ4n) is 1.82. The van der Waals surface area contributed by atoms with Gasteiger partial charge in [-0.05, 0) is 35.9 Å². The van der Waals surface area contributed by atoms with E-state index in [0.29, 0.717) is 22.8 Å². The number of rotatable bonds is 5. The van der Waals surface area contributed by atoms with Crippen LogP contribution in [0.1, 0.15) is 11.1 Å². The second kappa shape index (κ2) is 6.60. The van der Waals surface area contributed by atoms with Gasteiger partial charge in [-0.3, -0.25) is 5.41 Å². The van der Waals surface area contributed by atoms with Gasteiger partial charge >= 0.3 is 0 Å². The van der Waals surface area contributed by atoms with Crippen LogP contribution in [-0.2, 0) is 6.61 Å². The fourth-order valence-corrected chi connectivity index (χ4v) is 2.16. The molecule has 0 amide bonds. The molecule has 0 heterocycles. The molecule has 0 spiro atoms. The summed E-state index contributed by atoms with van der Waals surface area (Å²) in [4.78, 5) is 0. The van der Waals surface area contributed by atoms with Crippen LogP contribution in [0.15, 0.2) is 40.9 Å². The molecule has 0 aliphatic heterocycles. The first-order valence-corrected chi connectivity index (χ1v) is 6.94. The Morgan fingerprint density at radius 1 is 1.19 bits per heavy atom. The van der Waals surface area contributed by atoms with E-state index in [9.17, 15) is 0 Å². The molecule has 0 aromatic heterocycles. The number of nitrogen functional groups attached to an aromatic ring is 1. The lowest BCUT2D eigenvalue weighted by atomic mass is 10.1. The van der Waals surface area contributed by atoms with Crippen molar-refractivity contribution in [3.05, 3.63) is 52.0 Å². The Bertz CT molecular complexity index is 674. The number of benzene rings is 2. The number of ether oxygens (including phenoxy) is 2. The Morgan fingerprint density at radius 3 is 2.57 bits per heavy atom. The van der Waals surface area contributed by atoms with Crippen molar-refractivity contribution in [1.29, 1.82) is 5.41 Å². The monoisotopic (exact) mass is 350 g/mol. The molecule has 21 heavy (non-hydrogen) atoms. The topological polar surface area (TPSA) is 88.6 Å². The van der Waals surface area contributed by atoms with E-state index in [4.69, 9.17) is 25.7 Å². The number of nitrogens with two attached hydrogens (primary N) is 1. The Balaban J connectivity index is 2.42. The molecule has 0 atom stereocenters. The molecule has 0 saturated carbocycles. The molecule has 4 N–H and O–H groups in total. The van der Waals surface area contributed by atoms with Gasteiger partial charge in [0.1, 0.15) is 11.6 Å². The van der Waals surface area contributed by atoms with Gasteiger partial charge in [0.15, 0.2) is 11.5 Å². The lowest BCUT2D eigenvalue weighted by Crippen LogP contribution is -2.12. The van der Waals surface area contributed by atoms with Crippen LogP contribution >= 0.6 is 15.9 Å². The van der Waals surface area contributed by atoms with E-state index in [1.54, 1.807) is 36.4 Å². The molecule has 6 heteroatoms. The van der Waals surface area contributed by atoms with Gasteiger partial charge in [0.2, 0.25) is 0 Å². The first kappa shape index (κ1) is 15.3. The van der Waals surface area contributed by atoms with Crippen molar-refractivity contribution in [2.75, 3.05) is 7.11 Å². The first-order valence-electron chi connectivity index (χ1n) is 6.14. The Hall–Kier alpha value is -2.05. The van der Waals surface area contributed by atoms with Gasteiger partial charge in [-0.2, -0.15) is 0 Å². The van der Waals surface area contributed by atoms with Crippen LogP contribution in [0.4, 0.5) is 0 Å². The minimum absolute atomic E-state index is 0.0772. The third kappa shape index (κ3) is 3.53. The summed E-state index contributed by atoms with van der Waals surface area (Å²) in [5.74, 6) is 1.35. The molecular weight excluding hydrogens is 336 g/mol. The molecular formula is C15H15BrN2O3. The second-order valence-corrected chi connectivity index (χ2v) is 5.22. The van der Waals surface area contributed by atoms with Crippen LogP contribution in [-0.4, -0.2) is 18.1 Å². The van der Waals surface area contributed by atoms with E-state index >= 15 is 0 Å². The maximum absolute atomic E-state index is 9.14. The quantitative estimate of drug-likeness (QED) is 0.571. The van der Waals surface area contributed by atoms with Crippen molar-refractivity contribution in [2.45, 2.75) is 6.61 Å². The highest BCUT2D eigenvalue weighted by Gasteiger charge is 2.12. The Kier molecular flexibility index (Phi) is 4.82. The van der Waals surface area contributed by atoms with Crippen molar-refractivity contribution in [1.82, 2.24) is 0 Å². The van der Waals surface area contributed by atoms with Gasteiger partial charge in [0.05, 0.1) is 19.3 Å². The molecule has 5 nitrogen and oxygen atoms in total. The van der Waals surface area contributed by atoms with Gasteiger partial charge in [-0.25, -0.2) is 0 Å². The summed E-state index contributed by atoms with van der Waals surface area (Å²) in [5, 5.41) is 16.7. The highest BCUT2D eigenvalue weighted by molar-refractivity contribution is 9.10. The van der Waals surface area contributed by atoms with Crippen molar-refractivity contribution in [3.63, 3.8) is 0 Å². The summed E-state index contributed by atoms with van der Waals surface area (Å²) in [5.41, 5.74) is 6.77. The number of aliphatic hydroxyl groups is 1. The molecule has 0 aliphatic carbocycles. The molecule has 0 aliphatic rings. The minimum atomic E-state index is -0.0801. The number of nitrogens with one attached hydrogen (secondary N) is 1. The normalized spacial score (nSPS) is 10.2. The van der Waals surface area contributed by atoms with Gasteiger partial charge in [-0.15, -0.1) is 0 Å². The third-order valence-electron chi connectivity index (χ3n) is 2.86. The van der Waals surface area contributed by atoms with E-state index < -0.39 is 0 Å². The molecule has 0 bridgehead atoms. The van der Waals surface area contributed by atoms with Crippen molar-refractivity contribution < 1.29 is 14.6 Å². The first-order chi connectivity index (χ1) is 10.0. The lowest BCUT2D eigenvalue weighted by molar-refractivity contribution is 0.280. The zero-order valence-corrected chi connectivity index (χ0v) is 13.0. The molecule has 110 valence electrons. The number of amidine groups is 1. The summed E-state index contributed by atoms with van der Waals surface area (Å²) in [6.45, 7) is -0.0772. The summed E-state index contributed by atoms with van der Waals surface area (Å²) < 4.78 is 11.9. The molecule has 0 unspecified atom stereocenters. The summed E-state index contributed by atoms with van der Waals surface area (Å²) in [6.07, 6.45) is 0. The van der Waals surface area contributed by atoms with Crippen LogP contribution in [0.2, 0.25) is 0 Å². The number of aliphatic hydroxyl groups excluding tert-OH is 1. The van der Waals surface area contributed by atoms with Crippen LogP contribution in [0.3, 0.4) is 0 Å². The fraction of sp³-hybridized carbons (Fsp3) is 0.133. The van der Waals surface area contributed by atoms with Crippen LogP contribution in [0.5, 0.6) is 17.2 Å². The van der Waals surface area contributed by atoms with Gasteiger partial charge in [0, 0.05) is 4.47 Å². The number of hydrogen-bond acceptors (Lipinski definition) is 4. The van der Waals surface area contributed by atoms with E-state index in [0.717, 1.165) is 10.0 Å². The smallest absolute Gasteiger partial charge is 0.169 e. The molecule has 0 saturated heterocycles. The van der Waals surface area contributed by atoms with Crippen LogP contribution in [0, 0.1) is 5.41 Å². The van der Waals surface area contributed by atoms with E-state index in [2.05, 4.69) is 15.9 Å². The highest BCUT2D eigenvalue weighted by atomic mass is 79.9. The van der Waals surface area contributed by atoms with Crippen molar-refractivity contribution >= 4 is 21.8 Å². The SMILES string of the molecule is COc1cc(CO)ccc1Oc1cc(Br)ccc1C(=N)N. The molecule has 2 aromatic rings. The van der Waals surface area contributed by atoms with Gasteiger partial charge in [0.25, 0.3) is 0 Å². The summed E-state index contributed by atoms with van der Waals surface area (Å²) in [7, 11) is 1.52. The van der Waals surface area contributed by atoms with Crippen LogP contribution < -0.4 is 15.2 Å². The maximum atomic E-state index is 9.14. The standard InChI is InChI=1S/C15H15BrN2O3/c1-20-14-6-9(8-19)2-5-12(14)21-13-7-10(16)3-4-11(13)15(17)18/h2-7,19H,8H2,1H3,(H3,17,18). The van der Waals surface area contributed by atoms with Crippen molar-refractivity contribution in [3.8, 4) is 17.2 Å². The lowest BCUT2D eigenvalue weighted by Gasteiger charge is -2.14. The van der Waals surface area contributed by atoms with E-state index in [1.165, 1.54) is 7.11 Å². The predicted molar refractivity (Wildman–Crippen MR) is 84.1 cm³/mol. The summed E-state index contributed by atoms with van der Waals surface area (Å²) >= 11 is 3.36. The molecule has 2 rings (SSSR count). The minimum Gasteiger partial charge on any atom is -0.493 e. The number of methoxy groups -OCH3 is 1. The second-order valence-electron chi connectivity index (χ2n) is 4.30. The zero-order chi connectivity index (χ0) is 15.4. The number of hydrogen-bond donors (Lipinski definition) is 3. The average Bonchev–Trinajstić information content (AvgIpc) is 2.47. The third-order valence-corrected chi connectivity index (χ3v) is 3.36. The van der Waals surface area contributed by atoms with Crippen LogP contribution in [0.25, 0.3) is 0 Å². The van der Waals surface area contributed by atoms with Gasteiger partial charge in [-0.1, -0.05) is 22.0 Å². The van der Waals surface area contributed by atoms with E-state index in [1.807, 2.05) is 0 Å². The maximum Gasteiger partial charge on any atom is 0.169 e. The molecule has 0 radical (unpaired) electrons. The Morgan fingerprint density at radius 2 is 1.95 bits per heavy atom.